The maximum atomic E-state index is 3.64. The quantitative estimate of drug-likeness (QED) is 0.849. The van der Waals surface area contributed by atoms with Gasteiger partial charge >= 0.3 is 0 Å². The van der Waals surface area contributed by atoms with Crippen LogP contribution in [0.25, 0.3) is 0 Å². The molecule has 1 fully saturated rings. The van der Waals surface area contributed by atoms with E-state index in [-0.39, 0.29) is 0 Å². The molecule has 104 valence electrons. The molecule has 2 atom stereocenters. The van der Waals surface area contributed by atoms with Gasteiger partial charge in [0.05, 0.1) is 0 Å². The van der Waals surface area contributed by atoms with Crippen LogP contribution >= 0.6 is 0 Å². The Morgan fingerprint density at radius 1 is 1.21 bits per heavy atom. The number of aryl methyl sites for hydroxylation is 1. The van der Waals surface area contributed by atoms with Crippen LogP contribution in [0.3, 0.4) is 0 Å². The summed E-state index contributed by atoms with van der Waals surface area (Å²) in [7, 11) is 0. The molecular formula is C18H27N. The van der Waals surface area contributed by atoms with E-state index in [9.17, 15) is 0 Å². The highest BCUT2D eigenvalue weighted by atomic mass is 14.9. The third-order valence-corrected chi connectivity index (χ3v) is 5.37. The van der Waals surface area contributed by atoms with Crippen molar-refractivity contribution in [2.45, 2.75) is 46.0 Å². The largest absolute Gasteiger partial charge is 0.316 e. The zero-order chi connectivity index (χ0) is 13.3. The molecule has 2 unspecified atom stereocenters. The Labute approximate surface area is 117 Å². The number of rotatable bonds is 2. The lowest BCUT2D eigenvalue weighted by Gasteiger charge is -2.48. The zero-order valence-electron chi connectivity index (χ0n) is 12.4. The van der Waals surface area contributed by atoms with Crippen molar-refractivity contribution in [3.63, 3.8) is 0 Å². The number of piperidine rings is 1. The van der Waals surface area contributed by atoms with Crippen molar-refractivity contribution in [2.24, 2.45) is 17.3 Å². The van der Waals surface area contributed by atoms with E-state index in [2.05, 4.69) is 43.4 Å². The summed E-state index contributed by atoms with van der Waals surface area (Å²) >= 11 is 0. The Morgan fingerprint density at radius 2 is 2.00 bits per heavy atom. The second kappa shape index (κ2) is 5.28. The van der Waals surface area contributed by atoms with Gasteiger partial charge in [-0.25, -0.2) is 0 Å². The first-order valence-electron chi connectivity index (χ1n) is 7.97. The van der Waals surface area contributed by atoms with Crippen LogP contribution in [0.2, 0.25) is 0 Å². The normalized spacial score (nSPS) is 30.6. The fraction of sp³-hybridized carbons (Fsp3) is 0.667. The van der Waals surface area contributed by atoms with E-state index in [1.165, 1.54) is 45.2 Å². The van der Waals surface area contributed by atoms with Gasteiger partial charge in [-0.2, -0.15) is 0 Å². The number of nitrogens with one attached hydrogen (secondary N) is 1. The molecule has 1 nitrogen and oxygen atoms in total. The van der Waals surface area contributed by atoms with Crippen LogP contribution < -0.4 is 5.32 Å². The fourth-order valence-electron chi connectivity index (χ4n) is 4.32. The van der Waals surface area contributed by atoms with Crippen molar-refractivity contribution >= 4 is 0 Å². The maximum Gasteiger partial charge on any atom is -0.00150 e. The smallest absolute Gasteiger partial charge is 0.00150 e. The standard InChI is InChI=1S/C18H27N/c1-14(2)11-17-13-19-10-9-18(17)8-7-15-5-3-4-6-16(15)12-18/h3-6,14,17,19H,7-13H2,1-2H3. The molecule has 1 aromatic rings. The molecule has 1 heteroatoms. The Hall–Kier alpha value is -0.820. The Morgan fingerprint density at radius 3 is 2.79 bits per heavy atom. The highest BCUT2D eigenvalue weighted by Crippen LogP contribution is 2.47. The zero-order valence-corrected chi connectivity index (χ0v) is 12.4. The molecule has 0 bridgehead atoms. The fourth-order valence-corrected chi connectivity index (χ4v) is 4.32. The van der Waals surface area contributed by atoms with Gasteiger partial charge in [0.15, 0.2) is 0 Å². The minimum atomic E-state index is 0.587. The van der Waals surface area contributed by atoms with Gasteiger partial charge < -0.3 is 5.32 Å². The predicted molar refractivity (Wildman–Crippen MR) is 81.3 cm³/mol. The molecule has 1 N–H and O–H groups in total. The molecule has 0 radical (unpaired) electrons. The summed E-state index contributed by atoms with van der Waals surface area (Å²) in [5.41, 5.74) is 3.82. The first-order valence-corrected chi connectivity index (χ1v) is 7.97. The summed E-state index contributed by atoms with van der Waals surface area (Å²) in [5, 5.41) is 3.64. The minimum Gasteiger partial charge on any atom is -0.316 e. The van der Waals surface area contributed by atoms with Crippen molar-refractivity contribution in [3.8, 4) is 0 Å². The Kier molecular flexibility index (Phi) is 3.66. The minimum absolute atomic E-state index is 0.587. The van der Waals surface area contributed by atoms with Gasteiger partial charge in [-0.1, -0.05) is 38.1 Å². The summed E-state index contributed by atoms with van der Waals surface area (Å²) < 4.78 is 0. The van der Waals surface area contributed by atoms with Gasteiger partial charge in [0.1, 0.15) is 0 Å². The van der Waals surface area contributed by atoms with E-state index < -0.39 is 0 Å². The highest BCUT2D eigenvalue weighted by Gasteiger charge is 2.42. The van der Waals surface area contributed by atoms with E-state index in [1.807, 2.05) is 0 Å². The summed E-state index contributed by atoms with van der Waals surface area (Å²) in [6.07, 6.45) is 6.78. The molecule has 1 aliphatic heterocycles. The second-order valence-corrected chi connectivity index (χ2v) is 7.09. The van der Waals surface area contributed by atoms with E-state index >= 15 is 0 Å². The van der Waals surface area contributed by atoms with Gasteiger partial charge in [-0.15, -0.1) is 0 Å². The first kappa shape index (κ1) is 13.2. The Balaban J connectivity index is 1.85. The summed E-state index contributed by atoms with van der Waals surface area (Å²) in [5.74, 6) is 1.69. The topological polar surface area (TPSA) is 12.0 Å². The lowest BCUT2D eigenvalue weighted by molar-refractivity contribution is 0.0722. The van der Waals surface area contributed by atoms with Crippen LogP contribution in [0, 0.1) is 17.3 Å². The van der Waals surface area contributed by atoms with Crippen LogP contribution in [0.5, 0.6) is 0 Å². The molecule has 0 saturated carbocycles. The number of benzene rings is 1. The van der Waals surface area contributed by atoms with Gasteiger partial charge in [-0.3, -0.25) is 0 Å². The molecular weight excluding hydrogens is 230 g/mol. The van der Waals surface area contributed by atoms with Crippen LogP contribution in [-0.4, -0.2) is 13.1 Å². The highest BCUT2D eigenvalue weighted by molar-refractivity contribution is 5.31. The molecule has 2 aliphatic rings. The molecule has 1 aromatic carbocycles. The molecule has 1 spiro atoms. The lowest BCUT2D eigenvalue weighted by atomic mass is 9.59. The molecule has 0 amide bonds. The first-order chi connectivity index (χ1) is 9.20. The van der Waals surface area contributed by atoms with Gasteiger partial charge in [0, 0.05) is 0 Å². The van der Waals surface area contributed by atoms with Crippen LogP contribution in [0.15, 0.2) is 24.3 Å². The number of fused-ring (bicyclic) bond motifs is 1. The second-order valence-electron chi connectivity index (χ2n) is 7.09. The molecule has 3 rings (SSSR count). The average Bonchev–Trinajstić information content (AvgIpc) is 2.41. The van der Waals surface area contributed by atoms with Crippen molar-refractivity contribution in [1.82, 2.24) is 5.32 Å². The van der Waals surface area contributed by atoms with Gasteiger partial charge in [0.25, 0.3) is 0 Å². The van der Waals surface area contributed by atoms with E-state index in [1.54, 1.807) is 11.1 Å². The lowest BCUT2D eigenvalue weighted by Crippen LogP contribution is -2.48. The molecule has 19 heavy (non-hydrogen) atoms. The monoisotopic (exact) mass is 257 g/mol. The Bertz CT molecular complexity index is 437. The van der Waals surface area contributed by atoms with Crippen LogP contribution in [-0.2, 0) is 12.8 Å². The third-order valence-electron chi connectivity index (χ3n) is 5.37. The average molecular weight is 257 g/mol. The van der Waals surface area contributed by atoms with Crippen molar-refractivity contribution in [1.29, 1.82) is 0 Å². The SMILES string of the molecule is CC(C)CC1CNCCC12CCc1ccccc1C2. The molecule has 1 heterocycles. The number of hydrogen-bond donors (Lipinski definition) is 1. The van der Waals surface area contributed by atoms with Crippen molar-refractivity contribution in [3.05, 3.63) is 35.4 Å². The van der Waals surface area contributed by atoms with E-state index in [4.69, 9.17) is 0 Å². The van der Waals surface area contributed by atoms with Gasteiger partial charge in [0.2, 0.25) is 0 Å². The van der Waals surface area contributed by atoms with E-state index in [0.29, 0.717) is 5.41 Å². The predicted octanol–water partition coefficient (Wildman–Crippen LogP) is 3.82. The third kappa shape index (κ3) is 2.58. The summed E-state index contributed by atoms with van der Waals surface area (Å²) in [6, 6.07) is 9.12. The van der Waals surface area contributed by atoms with Gasteiger partial charge in [-0.05, 0) is 73.6 Å². The molecule has 1 saturated heterocycles. The van der Waals surface area contributed by atoms with Crippen molar-refractivity contribution in [2.75, 3.05) is 13.1 Å². The van der Waals surface area contributed by atoms with E-state index in [0.717, 1.165) is 11.8 Å². The molecule has 0 aromatic heterocycles. The van der Waals surface area contributed by atoms with Crippen molar-refractivity contribution < 1.29 is 0 Å². The molecule has 1 aliphatic carbocycles. The number of hydrogen-bond acceptors (Lipinski definition) is 1. The summed E-state index contributed by atoms with van der Waals surface area (Å²) in [4.78, 5) is 0. The summed E-state index contributed by atoms with van der Waals surface area (Å²) in [6.45, 7) is 7.20. The maximum absolute atomic E-state index is 3.64. The van der Waals surface area contributed by atoms with Crippen LogP contribution in [0.1, 0.15) is 44.2 Å². The van der Waals surface area contributed by atoms with Crippen LogP contribution in [0.4, 0.5) is 0 Å².